The lowest BCUT2D eigenvalue weighted by Gasteiger charge is -2.23. The molecule has 1 atom stereocenters. The first-order valence-corrected chi connectivity index (χ1v) is 4.04. The van der Waals surface area contributed by atoms with Crippen molar-refractivity contribution in [3.05, 3.63) is 18.2 Å². The SMILES string of the molecule is CCC(O)(CN)c1nccn1C. The van der Waals surface area contributed by atoms with E-state index >= 15 is 0 Å². The number of rotatable bonds is 3. The number of aryl methyl sites for hydroxylation is 1. The highest BCUT2D eigenvalue weighted by atomic mass is 16.3. The van der Waals surface area contributed by atoms with E-state index in [1.54, 1.807) is 17.0 Å². The summed E-state index contributed by atoms with van der Waals surface area (Å²) in [6, 6.07) is 0. The Hall–Kier alpha value is -0.870. The Morgan fingerprint density at radius 3 is 2.75 bits per heavy atom. The highest BCUT2D eigenvalue weighted by Gasteiger charge is 2.29. The molecule has 4 nitrogen and oxygen atoms in total. The molecule has 1 rings (SSSR count). The van der Waals surface area contributed by atoms with Gasteiger partial charge in [-0.1, -0.05) is 6.92 Å². The van der Waals surface area contributed by atoms with Gasteiger partial charge in [0.15, 0.2) is 0 Å². The molecule has 0 saturated heterocycles. The number of hydrogen-bond donors (Lipinski definition) is 2. The fraction of sp³-hybridized carbons (Fsp3) is 0.625. The van der Waals surface area contributed by atoms with E-state index in [0.29, 0.717) is 12.2 Å². The molecule has 0 bridgehead atoms. The molecular formula is C8H15N3O. The zero-order chi connectivity index (χ0) is 9.19. The fourth-order valence-electron chi connectivity index (χ4n) is 1.21. The van der Waals surface area contributed by atoms with Crippen LogP contribution < -0.4 is 5.73 Å². The molecule has 1 aromatic rings. The van der Waals surface area contributed by atoms with Crippen molar-refractivity contribution in [2.75, 3.05) is 6.54 Å². The zero-order valence-corrected chi connectivity index (χ0v) is 7.49. The van der Waals surface area contributed by atoms with Gasteiger partial charge in [0.1, 0.15) is 11.4 Å². The van der Waals surface area contributed by atoms with Crippen molar-refractivity contribution >= 4 is 0 Å². The van der Waals surface area contributed by atoms with E-state index in [4.69, 9.17) is 5.73 Å². The molecule has 0 aliphatic heterocycles. The molecule has 1 aromatic heterocycles. The van der Waals surface area contributed by atoms with Crippen molar-refractivity contribution in [2.24, 2.45) is 12.8 Å². The summed E-state index contributed by atoms with van der Waals surface area (Å²) in [4.78, 5) is 4.06. The fourth-order valence-corrected chi connectivity index (χ4v) is 1.21. The molecule has 0 aromatic carbocycles. The smallest absolute Gasteiger partial charge is 0.141 e. The third-order valence-electron chi connectivity index (χ3n) is 2.16. The van der Waals surface area contributed by atoms with Crippen LogP contribution in [0.1, 0.15) is 19.2 Å². The Kier molecular flexibility index (Phi) is 2.49. The number of aromatic nitrogens is 2. The van der Waals surface area contributed by atoms with E-state index < -0.39 is 5.60 Å². The summed E-state index contributed by atoms with van der Waals surface area (Å²) in [5, 5.41) is 9.96. The molecule has 0 amide bonds. The maximum atomic E-state index is 9.96. The molecule has 0 radical (unpaired) electrons. The molecule has 12 heavy (non-hydrogen) atoms. The molecule has 0 fully saturated rings. The molecule has 4 heteroatoms. The molecule has 1 heterocycles. The molecule has 1 unspecified atom stereocenters. The lowest BCUT2D eigenvalue weighted by atomic mass is 10.0. The Labute approximate surface area is 72.0 Å². The van der Waals surface area contributed by atoms with E-state index in [-0.39, 0.29) is 6.54 Å². The molecule has 0 saturated carbocycles. The summed E-state index contributed by atoms with van der Waals surface area (Å²) in [5.74, 6) is 0.632. The molecular weight excluding hydrogens is 154 g/mol. The minimum absolute atomic E-state index is 0.203. The Bertz CT molecular complexity index is 253. The highest BCUT2D eigenvalue weighted by Crippen LogP contribution is 2.20. The van der Waals surface area contributed by atoms with Gasteiger partial charge < -0.3 is 15.4 Å². The van der Waals surface area contributed by atoms with E-state index in [1.807, 2.05) is 14.0 Å². The summed E-state index contributed by atoms with van der Waals surface area (Å²) < 4.78 is 1.79. The first kappa shape index (κ1) is 9.22. The first-order valence-electron chi connectivity index (χ1n) is 4.04. The minimum Gasteiger partial charge on any atom is -0.381 e. The zero-order valence-electron chi connectivity index (χ0n) is 7.49. The average Bonchev–Trinajstić information content (AvgIpc) is 2.51. The predicted octanol–water partition coefficient (Wildman–Crippen LogP) is -0.0236. The number of imidazole rings is 1. The third-order valence-corrected chi connectivity index (χ3v) is 2.16. The monoisotopic (exact) mass is 169 g/mol. The van der Waals surface area contributed by atoms with Crippen molar-refractivity contribution in [3.8, 4) is 0 Å². The van der Waals surface area contributed by atoms with Crippen LogP contribution in [0.5, 0.6) is 0 Å². The van der Waals surface area contributed by atoms with E-state index in [2.05, 4.69) is 4.98 Å². The largest absolute Gasteiger partial charge is 0.381 e. The number of hydrogen-bond acceptors (Lipinski definition) is 3. The summed E-state index contributed by atoms with van der Waals surface area (Å²) in [5.41, 5.74) is 4.50. The van der Waals surface area contributed by atoms with Gasteiger partial charge in [0.25, 0.3) is 0 Å². The quantitative estimate of drug-likeness (QED) is 0.668. The minimum atomic E-state index is -0.974. The van der Waals surface area contributed by atoms with Crippen molar-refractivity contribution in [3.63, 3.8) is 0 Å². The normalized spacial score (nSPS) is 16.0. The molecule has 0 spiro atoms. The Morgan fingerprint density at radius 1 is 1.75 bits per heavy atom. The number of nitrogens with zero attached hydrogens (tertiary/aromatic N) is 2. The maximum absolute atomic E-state index is 9.96. The molecule has 68 valence electrons. The second-order valence-electron chi connectivity index (χ2n) is 2.95. The van der Waals surface area contributed by atoms with Gasteiger partial charge in [0, 0.05) is 26.0 Å². The molecule has 0 aliphatic rings. The summed E-state index contributed by atoms with van der Waals surface area (Å²) >= 11 is 0. The van der Waals surface area contributed by atoms with Gasteiger partial charge in [0.05, 0.1) is 0 Å². The van der Waals surface area contributed by atoms with E-state index in [0.717, 1.165) is 0 Å². The first-order chi connectivity index (χ1) is 5.64. The van der Waals surface area contributed by atoms with Crippen LogP contribution in [0, 0.1) is 0 Å². The topological polar surface area (TPSA) is 64.1 Å². The summed E-state index contributed by atoms with van der Waals surface area (Å²) in [6.07, 6.45) is 4.03. The molecule has 3 N–H and O–H groups in total. The third kappa shape index (κ3) is 1.35. The van der Waals surface area contributed by atoms with Crippen LogP contribution in [0.15, 0.2) is 12.4 Å². The van der Waals surface area contributed by atoms with Crippen LogP contribution >= 0.6 is 0 Å². The van der Waals surface area contributed by atoms with Crippen molar-refractivity contribution in [2.45, 2.75) is 18.9 Å². The lowest BCUT2D eigenvalue weighted by molar-refractivity contribution is 0.0300. The van der Waals surface area contributed by atoms with Crippen LogP contribution in [0.4, 0.5) is 0 Å². The second-order valence-corrected chi connectivity index (χ2v) is 2.95. The standard InChI is InChI=1S/C8H15N3O/c1-3-8(12,6-9)7-10-4-5-11(7)2/h4-5,12H,3,6,9H2,1-2H3. The van der Waals surface area contributed by atoms with Gasteiger partial charge in [-0.05, 0) is 6.42 Å². The maximum Gasteiger partial charge on any atom is 0.141 e. The van der Waals surface area contributed by atoms with Crippen LogP contribution in [0.2, 0.25) is 0 Å². The van der Waals surface area contributed by atoms with Gasteiger partial charge in [-0.3, -0.25) is 0 Å². The van der Waals surface area contributed by atoms with Gasteiger partial charge in [-0.15, -0.1) is 0 Å². The van der Waals surface area contributed by atoms with Crippen molar-refractivity contribution < 1.29 is 5.11 Å². The van der Waals surface area contributed by atoms with Crippen LogP contribution in [-0.4, -0.2) is 21.2 Å². The van der Waals surface area contributed by atoms with Gasteiger partial charge in [0.2, 0.25) is 0 Å². The number of nitrogens with two attached hydrogens (primary N) is 1. The second kappa shape index (κ2) is 3.25. The predicted molar refractivity (Wildman–Crippen MR) is 46.5 cm³/mol. The Balaban J connectivity index is 3.02. The summed E-state index contributed by atoms with van der Waals surface area (Å²) in [7, 11) is 1.85. The van der Waals surface area contributed by atoms with Gasteiger partial charge in [-0.25, -0.2) is 4.98 Å². The van der Waals surface area contributed by atoms with Gasteiger partial charge in [-0.2, -0.15) is 0 Å². The van der Waals surface area contributed by atoms with Crippen LogP contribution in [0.3, 0.4) is 0 Å². The van der Waals surface area contributed by atoms with Gasteiger partial charge >= 0.3 is 0 Å². The van der Waals surface area contributed by atoms with Crippen molar-refractivity contribution in [1.82, 2.24) is 9.55 Å². The highest BCUT2D eigenvalue weighted by molar-refractivity contribution is 5.04. The van der Waals surface area contributed by atoms with E-state index in [1.165, 1.54) is 0 Å². The van der Waals surface area contributed by atoms with Crippen LogP contribution in [-0.2, 0) is 12.6 Å². The summed E-state index contributed by atoms with van der Waals surface area (Å²) in [6.45, 7) is 2.09. The van der Waals surface area contributed by atoms with Crippen molar-refractivity contribution in [1.29, 1.82) is 0 Å². The lowest BCUT2D eigenvalue weighted by Crippen LogP contribution is -2.36. The van der Waals surface area contributed by atoms with Crippen LogP contribution in [0.25, 0.3) is 0 Å². The van der Waals surface area contributed by atoms with E-state index in [9.17, 15) is 5.11 Å². The number of aliphatic hydroxyl groups is 1. The Morgan fingerprint density at radius 2 is 2.42 bits per heavy atom. The molecule has 0 aliphatic carbocycles. The average molecular weight is 169 g/mol.